The highest BCUT2D eigenvalue weighted by Crippen LogP contribution is 2.34. The van der Waals surface area contributed by atoms with Crippen LogP contribution >= 0.6 is 0 Å². The standard InChI is InChI=1S/C31H33N5O5/c1-20-28(30(38)40-18-5-16-32)25(12-11-24-6-3-4-17-33-24)29(21(2)34-20)31(39)41-19-15-22-7-9-23(10-8-22)26-13-14-27(37)36-35-26/h3-4,6-10,17,25,34H,5,11-15,18-19H2,1-2H3,(H,36,37). The number of esters is 2. The van der Waals surface area contributed by atoms with Crippen LogP contribution in [0.5, 0.6) is 0 Å². The Balaban J connectivity index is 1.44. The van der Waals surface area contributed by atoms with Gasteiger partial charge in [-0.3, -0.25) is 9.78 Å². The van der Waals surface area contributed by atoms with Crippen molar-refractivity contribution in [3.05, 3.63) is 88.0 Å². The number of aryl methyl sites for hydroxylation is 1. The molecule has 4 rings (SSSR count). The van der Waals surface area contributed by atoms with E-state index in [2.05, 4.69) is 20.8 Å². The van der Waals surface area contributed by atoms with Crippen LogP contribution in [0.4, 0.5) is 0 Å². The Morgan fingerprint density at radius 3 is 2.29 bits per heavy atom. The van der Waals surface area contributed by atoms with Crippen molar-refractivity contribution < 1.29 is 23.9 Å². The number of benzene rings is 1. The van der Waals surface area contributed by atoms with Gasteiger partial charge in [0.15, 0.2) is 0 Å². The third kappa shape index (κ3) is 7.66. The third-order valence-corrected chi connectivity index (χ3v) is 7.00. The van der Waals surface area contributed by atoms with Crippen LogP contribution in [0, 0.1) is 17.2 Å². The molecule has 1 atom stereocenters. The monoisotopic (exact) mass is 555 g/mol. The van der Waals surface area contributed by atoms with E-state index in [1.807, 2.05) is 48.5 Å². The molecular formula is C31H33N5O5. The van der Waals surface area contributed by atoms with E-state index in [1.54, 1.807) is 20.0 Å². The molecule has 1 amide bonds. The molecule has 0 bridgehead atoms. The first-order chi connectivity index (χ1) is 19.9. The minimum atomic E-state index is -0.559. The number of carbonyl (C=O) groups is 3. The zero-order valence-corrected chi connectivity index (χ0v) is 23.2. The Kier molecular flexibility index (Phi) is 9.99. The van der Waals surface area contributed by atoms with Crippen molar-refractivity contribution in [2.24, 2.45) is 11.0 Å². The molecular weight excluding hydrogens is 522 g/mol. The minimum Gasteiger partial charge on any atom is -0.462 e. The number of dihydropyridines is 1. The predicted octanol–water partition coefficient (Wildman–Crippen LogP) is 3.64. The summed E-state index contributed by atoms with van der Waals surface area (Å²) in [5.41, 5.74) is 8.07. The maximum Gasteiger partial charge on any atom is 0.336 e. The Bertz CT molecular complexity index is 1420. The van der Waals surface area contributed by atoms with Crippen LogP contribution in [0.25, 0.3) is 0 Å². The van der Waals surface area contributed by atoms with Gasteiger partial charge in [-0.2, -0.15) is 10.4 Å². The van der Waals surface area contributed by atoms with E-state index in [4.69, 9.17) is 14.7 Å². The molecule has 0 aliphatic carbocycles. The second kappa shape index (κ2) is 14.0. The molecule has 0 saturated carbocycles. The molecule has 2 aromatic rings. The molecule has 2 aliphatic rings. The normalized spacial score (nSPS) is 16.8. The number of amides is 1. The highest BCUT2D eigenvalue weighted by atomic mass is 16.5. The zero-order valence-electron chi connectivity index (χ0n) is 23.2. The van der Waals surface area contributed by atoms with Gasteiger partial charge in [0, 0.05) is 48.5 Å². The van der Waals surface area contributed by atoms with Gasteiger partial charge in [0.25, 0.3) is 0 Å². The van der Waals surface area contributed by atoms with Crippen LogP contribution < -0.4 is 10.7 Å². The van der Waals surface area contributed by atoms with E-state index in [0.29, 0.717) is 54.6 Å². The van der Waals surface area contributed by atoms with Crippen LogP contribution in [-0.2, 0) is 36.7 Å². The van der Waals surface area contributed by atoms with E-state index >= 15 is 0 Å². The van der Waals surface area contributed by atoms with Gasteiger partial charge in [-0.25, -0.2) is 15.0 Å². The van der Waals surface area contributed by atoms with E-state index in [9.17, 15) is 14.4 Å². The lowest BCUT2D eigenvalue weighted by Gasteiger charge is -2.30. The van der Waals surface area contributed by atoms with Gasteiger partial charge in [0.2, 0.25) is 5.91 Å². The Labute approximate surface area is 239 Å². The molecule has 3 heterocycles. The summed E-state index contributed by atoms with van der Waals surface area (Å²) in [6.45, 7) is 3.70. The lowest BCUT2D eigenvalue weighted by Crippen LogP contribution is -2.34. The van der Waals surface area contributed by atoms with Gasteiger partial charge >= 0.3 is 11.9 Å². The third-order valence-electron chi connectivity index (χ3n) is 7.00. The van der Waals surface area contributed by atoms with Gasteiger partial charge in [0.05, 0.1) is 36.0 Å². The molecule has 2 aliphatic heterocycles. The first kappa shape index (κ1) is 29.2. The van der Waals surface area contributed by atoms with Gasteiger partial charge in [-0.15, -0.1) is 0 Å². The molecule has 0 saturated heterocycles. The van der Waals surface area contributed by atoms with Crippen molar-refractivity contribution in [2.75, 3.05) is 13.2 Å². The summed E-state index contributed by atoms with van der Waals surface area (Å²) in [5, 5.41) is 16.1. The molecule has 212 valence electrons. The van der Waals surface area contributed by atoms with E-state index in [0.717, 1.165) is 22.5 Å². The molecule has 2 N–H and O–H groups in total. The summed E-state index contributed by atoms with van der Waals surface area (Å²) in [4.78, 5) is 42.2. The van der Waals surface area contributed by atoms with Gasteiger partial charge < -0.3 is 14.8 Å². The molecule has 0 fully saturated rings. The molecule has 1 aromatic carbocycles. The largest absolute Gasteiger partial charge is 0.462 e. The van der Waals surface area contributed by atoms with Crippen molar-refractivity contribution in [3.8, 4) is 6.07 Å². The molecule has 10 heteroatoms. The number of allylic oxidation sites excluding steroid dienone is 2. The van der Waals surface area contributed by atoms with Gasteiger partial charge in [-0.05, 0) is 49.9 Å². The van der Waals surface area contributed by atoms with Crippen LogP contribution in [-0.4, -0.2) is 41.8 Å². The SMILES string of the molecule is CC1=C(C(=O)OCCC#N)C(CCc2ccccn2)C(C(=O)OCCc2ccc(C3=NNC(=O)CC3)cc2)=C(C)N1. The number of nitrogens with zero attached hydrogens (tertiary/aromatic N) is 3. The molecule has 0 radical (unpaired) electrons. The number of rotatable bonds is 11. The summed E-state index contributed by atoms with van der Waals surface area (Å²) in [5.74, 6) is -1.70. The molecule has 0 spiro atoms. The van der Waals surface area contributed by atoms with E-state index < -0.39 is 17.9 Å². The summed E-state index contributed by atoms with van der Waals surface area (Å²) >= 11 is 0. The summed E-state index contributed by atoms with van der Waals surface area (Å²) in [6, 6.07) is 15.4. The first-order valence-corrected chi connectivity index (χ1v) is 13.6. The van der Waals surface area contributed by atoms with Crippen molar-refractivity contribution >= 4 is 23.6 Å². The van der Waals surface area contributed by atoms with E-state index in [-0.39, 0.29) is 25.5 Å². The number of nitrogens with one attached hydrogen (secondary N) is 2. The molecule has 41 heavy (non-hydrogen) atoms. The fourth-order valence-corrected chi connectivity index (χ4v) is 4.95. The minimum absolute atomic E-state index is 0.0255. The zero-order chi connectivity index (χ0) is 29.2. The fourth-order valence-electron chi connectivity index (χ4n) is 4.95. The number of aromatic nitrogens is 1. The van der Waals surface area contributed by atoms with Crippen molar-refractivity contribution in [3.63, 3.8) is 0 Å². The number of pyridine rings is 1. The number of hydrogen-bond acceptors (Lipinski definition) is 9. The second-order valence-electron chi connectivity index (χ2n) is 9.84. The Morgan fingerprint density at radius 1 is 0.976 bits per heavy atom. The lowest BCUT2D eigenvalue weighted by atomic mass is 9.82. The van der Waals surface area contributed by atoms with Crippen molar-refractivity contribution in [1.82, 2.24) is 15.7 Å². The Hall–Kier alpha value is -4.78. The fraction of sp³-hybridized carbons (Fsp3) is 0.355. The van der Waals surface area contributed by atoms with Crippen LogP contribution in [0.15, 0.2) is 76.3 Å². The van der Waals surface area contributed by atoms with Crippen molar-refractivity contribution in [2.45, 2.75) is 52.4 Å². The van der Waals surface area contributed by atoms with Gasteiger partial charge in [-0.1, -0.05) is 30.3 Å². The Morgan fingerprint density at radius 2 is 1.68 bits per heavy atom. The van der Waals surface area contributed by atoms with Crippen LogP contribution in [0.1, 0.15) is 56.4 Å². The topological polar surface area (TPSA) is 143 Å². The smallest absolute Gasteiger partial charge is 0.336 e. The number of hydrazone groups is 1. The lowest BCUT2D eigenvalue weighted by molar-refractivity contribution is -0.140. The average molecular weight is 556 g/mol. The second-order valence-corrected chi connectivity index (χ2v) is 9.84. The number of nitriles is 1. The van der Waals surface area contributed by atoms with Crippen LogP contribution in [0.2, 0.25) is 0 Å². The first-order valence-electron chi connectivity index (χ1n) is 13.6. The maximum atomic E-state index is 13.4. The van der Waals surface area contributed by atoms with Crippen molar-refractivity contribution in [1.29, 1.82) is 5.26 Å². The average Bonchev–Trinajstić information content (AvgIpc) is 2.97. The van der Waals surface area contributed by atoms with Gasteiger partial charge in [0.1, 0.15) is 6.61 Å². The highest BCUT2D eigenvalue weighted by Gasteiger charge is 2.36. The molecule has 10 nitrogen and oxygen atoms in total. The highest BCUT2D eigenvalue weighted by molar-refractivity contribution is 6.04. The maximum absolute atomic E-state index is 13.4. The summed E-state index contributed by atoms with van der Waals surface area (Å²) < 4.78 is 11.1. The summed E-state index contributed by atoms with van der Waals surface area (Å²) in [7, 11) is 0. The van der Waals surface area contributed by atoms with Crippen LogP contribution in [0.3, 0.4) is 0 Å². The van der Waals surface area contributed by atoms with E-state index in [1.165, 1.54) is 0 Å². The predicted molar refractivity (Wildman–Crippen MR) is 151 cm³/mol. The molecule has 1 unspecified atom stereocenters. The number of carbonyl (C=O) groups excluding carboxylic acids is 3. The summed E-state index contributed by atoms with van der Waals surface area (Å²) in [6.07, 6.45) is 4.29. The number of hydrogen-bond donors (Lipinski definition) is 2. The molecule has 1 aromatic heterocycles. The number of ether oxygens (including phenoxy) is 2. The quantitative estimate of drug-likeness (QED) is 0.316.